The molecule has 66 heavy (non-hydrogen) atoms. The Morgan fingerprint density at radius 2 is 1.27 bits per heavy atom. The van der Waals surface area contributed by atoms with Crippen LogP contribution in [0.15, 0.2) is 79.1 Å². The summed E-state index contributed by atoms with van der Waals surface area (Å²) in [6.45, 7) is 8.75. The van der Waals surface area contributed by atoms with Crippen LogP contribution in [0.3, 0.4) is 0 Å². The second-order valence-electron chi connectivity index (χ2n) is 18.1. The molecule has 2 saturated heterocycles. The fraction of sp³-hybridized carbons (Fsp3) is 0.400. The molecule has 9 rings (SSSR count). The van der Waals surface area contributed by atoms with E-state index in [0.717, 1.165) is 87.2 Å². The Bertz CT molecular complexity index is 2760. The molecule has 16 nitrogen and oxygen atoms in total. The summed E-state index contributed by atoms with van der Waals surface area (Å²) in [4.78, 5) is 75.8. The van der Waals surface area contributed by atoms with Crippen molar-refractivity contribution in [2.75, 3.05) is 27.3 Å². The number of likely N-dealkylation sites (tertiary alicyclic amines) is 2. The Hall–Kier alpha value is -7.10. The van der Waals surface area contributed by atoms with Crippen molar-refractivity contribution in [1.82, 2.24) is 45.4 Å². The maximum Gasteiger partial charge on any atom is 0.407 e. The van der Waals surface area contributed by atoms with Gasteiger partial charge in [0.2, 0.25) is 11.8 Å². The van der Waals surface area contributed by atoms with Gasteiger partial charge < -0.3 is 49.6 Å². The third-order valence-corrected chi connectivity index (χ3v) is 13.2. The molecule has 0 radical (unpaired) electrons. The third-order valence-electron chi connectivity index (χ3n) is 13.2. The van der Waals surface area contributed by atoms with Gasteiger partial charge in [-0.05, 0) is 67.3 Å². The highest BCUT2D eigenvalue weighted by molar-refractivity contribution is 5.96. The van der Waals surface area contributed by atoms with E-state index in [1.807, 2.05) is 61.9 Å². The fourth-order valence-corrected chi connectivity index (χ4v) is 9.80. The van der Waals surface area contributed by atoms with Gasteiger partial charge in [-0.1, -0.05) is 70.2 Å². The highest BCUT2D eigenvalue weighted by atomic mass is 16.5. The molecule has 5 atom stereocenters. The summed E-state index contributed by atoms with van der Waals surface area (Å²) in [6, 6.07) is 20.9. The van der Waals surface area contributed by atoms with Crippen molar-refractivity contribution in [1.29, 1.82) is 0 Å². The molecule has 3 aliphatic rings. The molecule has 6 heterocycles. The molecule has 0 bridgehead atoms. The highest BCUT2D eigenvalue weighted by Gasteiger charge is 2.39. The molecule has 0 spiro atoms. The second kappa shape index (κ2) is 18.4. The number of nitrogens with zero attached hydrogens (tertiary/aromatic N) is 4. The van der Waals surface area contributed by atoms with E-state index in [0.29, 0.717) is 31.2 Å². The minimum Gasteiger partial charge on any atom is -0.485 e. The van der Waals surface area contributed by atoms with Crippen LogP contribution in [-0.2, 0) is 25.5 Å². The lowest BCUT2D eigenvalue weighted by atomic mass is 9.92. The number of nitrogens with one attached hydrogen (secondary N) is 5. The summed E-state index contributed by atoms with van der Waals surface area (Å²) in [6.07, 6.45) is 5.83. The number of aromatic nitrogens is 5. The van der Waals surface area contributed by atoms with Gasteiger partial charge in [0.25, 0.3) is 0 Å². The van der Waals surface area contributed by atoms with Crippen LogP contribution in [-0.4, -0.2) is 98.1 Å². The molecule has 2 unspecified atom stereocenters. The first-order chi connectivity index (χ1) is 31.9. The molecule has 16 heteroatoms. The van der Waals surface area contributed by atoms with Crippen LogP contribution >= 0.6 is 0 Å². The zero-order valence-corrected chi connectivity index (χ0v) is 38.1. The van der Waals surface area contributed by atoms with E-state index >= 15 is 0 Å². The first-order valence-corrected chi connectivity index (χ1v) is 22.8. The number of H-pyrrole nitrogens is 3. The topological polar surface area (TPSA) is 200 Å². The number of ether oxygens (including phenoxy) is 3. The molecule has 0 aliphatic carbocycles. The predicted octanol–water partition coefficient (Wildman–Crippen LogP) is 8.38. The van der Waals surface area contributed by atoms with Gasteiger partial charge in [0.1, 0.15) is 35.6 Å². The van der Waals surface area contributed by atoms with E-state index in [-0.39, 0.29) is 41.8 Å². The van der Waals surface area contributed by atoms with E-state index in [1.165, 1.54) is 14.2 Å². The number of methoxy groups -OCH3 is 2. The van der Waals surface area contributed by atoms with Crippen LogP contribution in [0.1, 0.15) is 94.3 Å². The van der Waals surface area contributed by atoms with Gasteiger partial charge in [0.15, 0.2) is 0 Å². The van der Waals surface area contributed by atoms with Gasteiger partial charge >= 0.3 is 12.2 Å². The molecule has 3 aromatic heterocycles. The molecule has 3 aromatic carbocycles. The zero-order chi connectivity index (χ0) is 46.2. The minimum absolute atomic E-state index is 0.131. The number of hydrogen-bond donors (Lipinski definition) is 5. The number of imidazole rings is 2. The molecule has 2 fully saturated rings. The van der Waals surface area contributed by atoms with Crippen LogP contribution in [0.2, 0.25) is 0 Å². The monoisotopic (exact) mass is 895 g/mol. The maximum absolute atomic E-state index is 13.8. The van der Waals surface area contributed by atoms with Gasteiger partial charge in [0, 0.05) is 52.7 Å². The van der Waals surface area contributed by atoms with E-state index < -0.39 is 24.3 Å². The van der Waals surface area contributed by atoms with E-state index in [9.17, 15) is 19.2 Å². The number of aromatic amines is 3. The van der Waals surface area contributed by atoms with Crippen molar-refractivity contribution in [3.8, 4) is 39.5 Å². The molecule has 0 saturated carbocycles. The Balaban J connectivity index is 1.01. The SMILES string of the molecule is COC(=O)NC(C(=O)N1CCC[C@H]1c1ncc(-c2ccc3[nH]c4c(c3c2)C(Cc2ccccc2)Oc2cc(-c3cnc([C@@H]5CCCN5C(=O)[C@@H](NC(=O)OC)C(C)C)[nH]3)ccc2-4)[nH]1)C(C)C. The summed E-state index contributed by atoms with van der Waals surface area (Å²) in [5.41, 5.74) is 8.60. The Kier molecular flexibility index (Phi) is 12.3. The second-order valence-corrected chi connectivity index (χ2v) is 18.1. The standard InChI is InChI=1S/C50H57N9O7/c1-27(2)42(56-49(62)64-5)47(60)58-20-10-14-37(58)45-51-25-35(54-45)30-17-19-34-33(23-30)41-40(22-29-12-8-7-9-13-29)66-39-24-31(16-18-32(39)44(41)53-34)36-26-52-46(55-36)38-15-11-21-59(38)48(61)43(28(3)4)57-50(63)65-6/h7-9,12-13,16-19,23-28,37-38,40,42-43,53H,10-11,14-15,20-22H2,1-6H3,(H,51,54)(H,52,55)(H,56,62)(H,57,63)/t37-,38-,40?,42?,43-/m0/s1. The number of carbonyl (C=O) groups excluding carboxylic acids is 4. The average molecular weight is 896 g/mol. The predicted molar refractivity (Wildman–Crippen MR) is 248 cm³/mol. The van der Waals surface area contributed by atoms with Crippen molar-refractivity contribution < 1.29 is 33.4 Å². The molecule has 5 N–H and O–H groups in total. The van der Waals surface area contributed by atoms with Crippen LogP contribution in [0.4, 0.5) is 9.59 Å². The van der Waals surface area contributed by atoms with Gasteiger partial charge in [-0.3, -0.25) is 9.59 Å². The van der Waals surface area contributed by atoms with E-state index in [4.69, 9.17) is 24.2 Å². The first-order valence-electron chi connectivity index (χ1n) is 22.8. The fourth-order valence-electron chi connectivity index (χ4n) is 9.80. The van der Waals surface area contributed by atoms with Crippen molar-refractivity contribution in [3.63, 3.8) is 0 Å². The van der Waals surface area contributed by atoms with Gasteiger partial charge in [-0.25, -0.2) is 19.6 Å². The number of hydrogen-bond acceptors (Lipinski definition) is 9. The summed E-state index contributed by atoms with van der Waals surface area (Å²) in [7, 11) is 2.58. The van der Waals surface area contributed by atoms with Gasteiger partial charge in [-0.15, -0.1) is 0 Å². The minimum atomic E-state index is -0.719. The van der Waals surface area contributed by atoms with E-state index in [1.54, 1.807) is 6.20 Å². The normalized spacial score (nSPS) is 18.8. The van der Waals surface area contributed by atoms with Crippen molar-refractivity contribution in [3.05, 3.63) is 102 Å². The lowest BCUT2D eigenvalue weighted by Gasteiger charge is -2.30. The number of alkyl carbamates (subject to hydrolysis) is 2. The largest absolute Gasteiger partial charge is 0.485 e. The van der Waals surface area contributed by atoms with Gasteiger partial charge in [-0.2, -0.15) is 0 Å². The van der Waals surface area contributed by atoms with Crippen LogP contribution < -0.4 is 15.4 Å². The number of rotatable bonds is 12. The summed E-state index contributed by atoms with van der Waals surface area (Å²) >= 11 is 0. The number of fused-ring (bicyclic) bond motifs is 5. The van der Waals surface area contributed by atoms with Crippen LogP contribution in [0, 0.1) is 11.8 Å². The maximum atomic E-state index is 13.8. The quantitative estimate of drug-likeness (QED) is 0.0801. The zero-order valence-electron chi connectivity index (χ0n) is 38.1. The smallest absolute Gasteiger partial charge is 0.407 e. The first kappa shape index (κ1) is 44.1. The summed E-state index contributed by atoms with van der Waals surface area (Å²) in [5, 5.41) is 6.48. The Labute approximate surface area is 383 Å². The van der Waals surface area contributed by atoms with E-state index in [2.05, 4.69) is 74.1 Å². The number of carbonyl (C=O) groups is 4. The number of benzene rings is 3. The lowest BCUT2D eigenvalue weighted by molar-refractivity contribution is -0.136. The van der Waals surface area contributed by atoms with Crippen molar-refractivity contribution >= 4 is 34.9 Å². The summed E-state index contributed by atoms with van der Waals surface area (Å²) in [5.74, 6) is 1.56. The average Bonchev–Trinajstić information content (AvgIpc) is 4.18. The van der Waals surface area contributed by atoms with Crippen molar-refractivity contribution in [2.24, 2.45) is 11.8 Å². The van der Waals surface area contributed by atoms with Gasteiger partial charge in [0.05, 0.1) is 55.8 Å². The Morgan fingerprint density at radius 3 is 1.82 bits per heavy atom. The molecular weight excluding hydrogens is 839 g/mol. The molecule has 4 amide bonds. The third kappa shape index (κ3) is 8.47. The summed E-state index contributed by atoms with van der Waals surface area (Å²) < 4.78 is 16.6. The molecule has 6 aromatic rings. The van der Waals surface area contributed by atoms with Crippen LogP contribution in [0.25, 0.3) is 44.7 Å². The van der Waals surface area contributed by atoms with Crippen molar-refractivity contribution in [2.45, 2.75) is 90.1 Å². The highest BCUT2D eigenvalue weighted by Crippen LogP contribution is 2.48. The number of amides is 4. The lowest BCUT2D eigenvalue weighted by Crippen LogP contribution is -2.51. The Morgan fingerprint density at radius 1 is 0.727 bits per heavy atom. The van der Waals surface area contributed by atoms with Crippen LogP contribution in [0.5, 0.6) is 5.75 Å². The molecule has 344 valence electrons. The molecular formula is C50H57N9O7. The molecule has 3 aliphatic heterocycles.